The number of aryl methyl sites for hydroxylation is 3. The van der Waals surface area contributed by atoms with Gasteiger partial charge in [-0.2, -0.15) is 0 Å². The van der Waals surface area contributed by atoms with E-state index < -0.39 is 0 Å². The first kappa shape index (κ1) is 18.2. The lowest BCUT2D eigenvalue weighted by Gasteiger charge is -2.12. The average molecular weight is 355 g/mol. The molecule has 1 aromatic carbocycles. The fourth-order valence-corrected chi connectivity index (χ4v) is 3.30. The van der Waals surface area contributed by atoms with E-state index in [1.54, 1.807) is 6.26 Å². The number of hydrogen-bond donors (Lipinski definition) is 1. The summed E-state index contributed by atoms with van der Waals surface area (Å²) in [6.07, 6.45) is 3.23. The molecular formula is C21H25NO4. The Morgan fingerprint density at radius 1 is 1.15 bits per heavy atom. The summed E-state index contributed by atoms with van der Waals surface area (Å²) in [5.41, 5.74) is 4.24. The Morgan fingerprint density at radius 3 is 2.58 bits per heavy atom. The van der Waals surface area contributed by atoms with Gasteiger partial charge in [0, 0.05) is 34.4 Å². The summed E-state index contributed by atoms with van der Waals surface area (Å²) in [6.45, 7) is 9.80. The van der Waals surface area contributed by atoms with Gasteiger partial charge >= 0.3 is 5.63 Å². The van der Waals surface area contributed by atoms with E-state index >= 15 is 0 Å². The molecule has 0 fully saturated rings. The standard InChI is InChI=1S/C21H25NO4/c1-6-12(3)22-18(23)8-7-15-13(4)17-9-16-11(2)10-25-19(16)14(5)20(17)26-21(15)24/h9-10,12H,6-8H2,1-5H3,(H,22,23)/t12-/m0/s1. The van der Waals surface area contributed by atoms with E-state index in [0.717, 1.165) is 39.5 Å². The first-order chi connectivity index (χ1) is 12.3. The van der Waals surface area contributed by atoms with E-state index in [4.69, 9.17) is 8.83 Å². The van der Waals surface area contributed by atoms with Gasteiger partial charge in [-0.05, 0) is 57.7 Å². The van der Waals surface area contributed by atoms with Crippen molar-refractivity contribution >= 4 is 27.8 Å². The number of benzene rings is 1. The van der Waals surface area contributed by atoms with E-state index in [0.29, 0.717) is 17.6 Å². The van der Waals surface area contributed by atoms with Crippen LogP contribution in [0.2, 0.25) is 0 Å². The average Bonchev–Trinajstić information content (AvgIpc) is 2.97. The summed E-state index contributed by atoms with van der Waals surface area (Å²) in [6, 6.07) is 2.15. The van der Waals surface area contributed by atoms with Gasteiger partial charge in [0.25, 0.3) is 0 Å². The number of hydrogen-bond acceptors (Lipinski definition) is 4. The first-order valence-corrected chi connectivity index (χ1v) is 9.06. The van der Waals surface area contributed by atoms with Crippen molar-refractivity contribution in [3.8, 4) is 0 Å². The molecule has 3 aromatic rings. The fourth-order valence-electron chi connectivity index (χ4n) is 3.30. The maximum atomic E-state index is 12.5. The molecule has 0 aliphatic heterocycles. The molecule has 0 saturated heterocycles. The predicted octanol–water partition coefficient (Wildman–Crippen LogP) is 4.31. The molecule has 5 nitrogen and oxygen atoms in total. The molecule has 5 heteroatoms. The summed E-state index contributed by atoms with van der Waals surface area (Å²) >= 11 is 0. The second-order valence-corrected chi connectivity index (χ2v) is 7.04. The van der Waals surface area contributed by atoms with Crippen molar-refractivity contribution < 1.29 is 13.6 Å². The number of furan rings is 1. The first-order valence-electron chi connectivity index (χ1n) is 9.06. The van der Waals surface area contributed by atoms with Crippen molar-refractivity contribution in [3.05, 3.63) is 45.0 Å². The third-order valence-corrected chi connectivity index (χ3v) is 5.16. The summed E-state index contributed by atoms with van der Waals surface area (Å²) in [5, 5.41) is 4.85. The molecule has 3 rings (SSSR count). The third kappa shape index (κ3) is 3.14. The van der Waals surface area contributed by atoms with Gasteiger partial charge in [-0.3, -0.25) is 4.79 Å². The van der Waals surface area contributed by atoms with Crippen LogP contribution in [0.15, 0.2) is 26.0 Å². The lowest BCUT2D eigenvalue weighted by Crippen LogP contribution is -2.32. The van der Waals surface area contributed by atoms with Crippen molar-refractivity contribution in [3.63, 3.8) is 0 Å². The number of amides is 1. The van der Waals surface area contributed by atoms with Gasteiger partial charge in [-0.25, -0.2) is 4.79 Å². The normalized spacial score (nSPS) is 12.7. The van der Waals surface area contributed by atoms with Gasteiger partial charge in [0.05, 0.1) is 6.26 Å². The van der Waals surface area contributed by atoms with Crippen LogP contribution >= 0.6 is 0 Å². The van der Waals surface area contributed by atoms with Crippen LogP contribution in [-0.4, -0.2) is 11.9 Å². The molecule has 0 spiro atoms. The topological polar surface area (TPSA) is 72.5 Å². The van der Waals surface area contributed by atoms with E-state index in [2.05, 4.69) is 5.32 Å². The Balaban J connectivity index is 2.02. The number of fused-ring (bicyclic) bond motifs is 2. The van der Waals surface area contributed by atoms with Crippen LogP contribution in [0.5, 0.6) is 0 Å². The van der Waals surface area contributed by atoms with Crippen molar-refractivity contribution in [2.24, 2.45) is 0 Å². The highest BCUT2D eigenvalue weighted by molar-refractivity contribution is 5.99. The predicted molar refractivity (Wildman–Crippen MR) is 103 cm³/mol. The molecule has 2 heterocycles. The highest BCUT2D eigenvalue weighted by Crippen LogP contribution is 2.32. The monoisotopic (exact) mass is 355 g/mol. The largest absolute Gasteiger partial charge is 0.464 e. The van der Waals surface area contributed by atoms with Crippen LogP contribution in [0.1, 0.15) is 48.9 Å². The van der Waals surface area contributed by atoms with Crippen LogP contribution in [0, 0.1) is 20.8 Å². The van der Waals surface area contributed by atoms with E-state index in [1.807, 2.05) is 40.7 Å². The zero-order valence-corrected chi connectivity index (χ0v) is 16.0. The number of carbonyl (C=O) groups is 1. The molecule has 1 atom stereocenters. The summed E-state index contributed by atoms with van der Waals surface area (Å²) in [4.78, 5) is 24.6. The van der Waals surface area contributed by atoms with Gasteiger partial charge in [-0.15, -0.1) is 0 Å². The molecule has 0 saturated carbocycles. The third-order valence-electron chi connectivity index (χ3n) is 5.16. The molecule has 2 aromatic heterocycles. The second kappa shape index (κ2) is 6.98. The van der Waals surface area contributed by atoms with Crippen LogP contribution in [0.25, 0.3) is 21.9 Å². The Bertz CT molecular complexity index is 1040. The molecular weight excluding hydrogens is 330 g/mol. The van der Waals surface area contributed by atoms with Gasteiger partial charge in [-0.1, -0.05) is 6.92 Å². The maximum absolute atomic E-state index is 12.5. The minimum Gasteiger partial charge on any atom is -0.464 e. The summed E-state index contributed by atoms with van der Waals surface area (Å²) in [7, 11) is 0. The van der Waals surface area contributed by atoms with E-state index in [-0.39, 0.29) is 24.0 Å². The van der Waals surface area contributed by atoms with Gasteiger partial charge < -0.3 is 14.2 Å². The van der Waals surface area contributed by atoms with Gasteiger partial charge in [0.15, 0.2) is 0 Å². The Morgan fingerprint density at radius 2 is 1.88 bits per heavy atom. The van der Waals surface area contributed by atoms with Crippen molar-refractivity contribution in [2.45, 2.75) is 59.9 Å². The molecule has 0 aliphatic rings. The van der Waals surface area contributed by atoms with E-state index in [9.17, 15) is 9.59 Å². The quantitative estimate of drug-likeness (QED) is 0.692. The lowest BCUT2D eigenvalue weighted by atomic mass is 9.98. The van der Waals surface area contributed by atoms with Gasteiger partial charge in [0.1, 0.15) is 11.2 Å². The second-order valence-electron chi connectivity index (χ2n) is 7.04. The fraction of sp³-hybridized carbons (Fsp3) is 0.429. The molecule has 26 heavy (non-hydrogen) atoms. The van der Waals surface area contributed by atoms with Crippen LogP contribution in [0.3, 0.4) is 0 Å². The molecule has 0 bridgehead atoms. The molecule has 1 N–H and O–H groups in total. The van der Waals surface area contributed by atoms with E-state index in [1.165, 1.54) is 0 Å². The molecule has 1 amide bonds. The number of nitrogens with one attached hydrogen (secondary N) is 1. The maximum Gasteiger partial charge on any atom is 0.339 e. The minimum absolute atomic E-state index is 0.0458. The number of carbonyl (C=O) groups excluding carboxylic acids is 1. The SMILES string of the molecule is CC[C@H](C)NC(=O)CCc1c(C)c2cc3c(C)coc3c(C)c2oc1=O. The number of rotatable bonds is 5. The minimum atomic E-state index is -0.378. The lowest BCUT2D eigenvalue weighted by molar-refractivity contribution is -0.121. The molecule has 138 valence electrons. The van der Waals surface area contributed by atoms with Crippen molar-refractivity contribution in [1.29, 1.82) is 0 Å². The van der Waals surface area contributed by atoms with Crippen molar-refractivity contribution in [2.75, 3.05) is 0 Å². The Kier molecular flexibility index (Phi) is 4.90. The van der Waals surface area contributed by atoms with Crippen LogP contribution in [0.4, 0.5) is 0 Å². The summed E-state index contributed by atoms with van der Waals surface area (Å²) in [5.74, 6) is -0.0458. The zero-order valence-electron chi connectivity index (χ0n) is 16.0. The highest BCUT2D eigenvalue weighted by Gasteiger charge is 2.18. The summed E-state index contributed by atoms with van der Waals surface area (Å²) < 4.78 is 11.2. The van der Waals surface area contributed by atoms with Crippen molar-refractivity contribution in [1.82, 2.24) is 5.32 Å². The Labute approximate surface area is 152 Å². The molecule has 0 aliphatic carbocycles. The van der Waals surface area contributed by atoms with Gasteiger partial charge in [0.2, 0.25) is 5.91 Å². The van der Waals surface area contributed by atoms with Crippen LogP contribution < -0.4 is 10.9 Å². The van der Waals surface area contributed by atoms with Crippen LogP contribution in [-0.2, 0) is 11.2 Å². The smallest absolute Gasteiger partial charge is 0.339 e. The molecule has 0 unspecified atom stereocenters. The highest BCUT2D eigenvalue weighted by atomic mass is 16.4. The Hall–Kier alpha value is -2.56. The molecule has 0 radical (unpaired) electrons. The zero-order chi connectivity index (χ0) is 19.0.